The zero-order valence-electron chi connectivity index (χ0n) is 18.7. The Morgan fingerprint density at radius 1 is 1.00 bits per heavy atom. The molecule has 0 radical (unpaired) electrons. The Morgan fingerprint density at radius 2 is 1.78 bits per heavy atom. The van der Waals surface area contributed by atoms with E-state index in [-0.39, 0.29) is 5.82 Å². The van der Waals surface area contributed by atoms with E-state index in [0.29, 0.717) is 40.1 Å². The molecule has 172 valence electrons. The molecule has 1 aliphatic heterocycles. The number of piperidine rings is 1. The van der Waals surface area contributed by atoms with Crippen molar-refractivity contribution in [1.82, 2.24) is 15.1 Å². The largest absolute Gasteiger partial charge is 0.476 e. The van der Waals surface area contributed by atoms with E-state index in [1.54, 1.807) is 12.1 Å². The van der Waals surface area contributed by atoms with Crippen LogP contribution in [0.1, 0.15) is 57.8 Å². The molecule has 4 nitrogen and oxygen atoms in total. The van der Waals surface area contributed by atoms with Crippen LogP contribution in [-0.4, -0.2) is 41.3 Å². The average Bonchev–Trinajstić information content (AvgIpc) is 2.80. The lowest BCUT2D eigenvalue weighted by Crippen LogP contribution is -2.49. The van der Waals surface area contributed by atoms with Crippen LogP contribution in [0, 0.1) is 23.1 Å². The first-order chi connectivity index (χ1) is 15.6. The van der Waals surface area contributed by atoms with Crippen LogP contribution in [0.25, 0.3) is 11.3 Å². The summed E-state index contributed by atoms with van der Waals surface area (Å²) in [6.07, 6.45) is 12.5. The van der Waals surface area contributed by atoms with E-state index >= 15 is 0 Å². The minimum Gasteiger partial charge on any atom is -0.476 e. The van der Waals surface area contributed by atoms with Crippen LogP contribution in [-0.2, 0) is 0 Å². The molecule has 6 heteroatoms. The van der Waals surface area contributed by atoms with Gasteiger partial charge in [-0.3, -0.25) is 0 Å². The van der Waals surface area contributed by atoms with Crippen LogP contribution >= 0.6 is 11.6 Å². The molecule has 0 N–H and O–H groups in total. The molecule has 2 aromatic rings. The van der Waals surface area contributed by atoms with Gasteiger partial charge in [0.2, 0.25) is 5.88 Å². The molecule has 1 spiro atoms. The Kier molecular flexibility index (Phi) is 6.66. The number of likely N-dealkylation sites (tertiary alicyclic amines) is 1. The van der Waals surface area contributed by atoms with Crippen molar-refractivity contribution in [3.05, 3.63) is 41.2 Å². The third-order valence-corrected chi connectivity index (χ3v) is 8.24. The number of nitrogens with zero attached hydrogens (tertiary/aromatic N) is 3. The highest BCUT2D eigenvalue weighted by atomic mass is 35.5. The molecule has 1 saturated heterocycles. The third kappa shape index (κ3) is 5.09. The van der Waals surface area contributed by atoms with Gasteiger partial charge in [-0.15, -0.1) is 10.2 Å². The summed E-state index contributed by atoms with van der Waals surface area (Å²) in [7, 11) is 0. The zero-order chi connectivity index (χ0) is 22.0. The predicted octanol–water partition coefficient (Wildman–Crippen LogP) is 6.39. The summed E-state index contributed by atoms with van der Waals surface area (Å²) in [5.41, 5.74) is 1.65. The molecular weight excluding hydrogens is 425 g/mol. The molecule has 2 saturated carbocycles. The van der Waals surface area contributed by atoms with Gasteiger partial charge in [0.1, 0.15) is 5.82 Å². The summed E-state index contributed by atoms with van der Waals surface area (Å²) < 4.78 is 19.4. The molecule has 0 unspecified atom stereocenters. The van der Waals surface area contributed by atoms with Crippen LogP contribution in [0.4, 0.5) is 4.39 Å². The standard InChI is InChI=1S/C26H33ClFN3O/c27-23-7-6-21(28)14-22(23)24-8-9-25(30-29-24)32-18-20-15-26(16-20)10-12-31(13-11-26)17-19-4-2-1-3-5-19/h6-9,14,19-20H,1-5,10-13,15-18H2. The first kappa shape index (κ1) is 22.1. The fourth-order valence-electron chi connectivity index (χ4n) is 6.07. The molecule has 0 atom stereocenters. The number of benzene rings is 1. The van der Waals surface area contributed by atoms with Crippen molar-refractivity contribution < 1.29 is 9.13 Å². The van der Waals surface area contributed by atoms with E-state index < -0.39 is 0 Å². The average molecular weight is 458 g/mol. The van der Waals surface area contributed by atoms with E-state index in [4.69, 9.17) is 16.3 Å². The highest BCUT2D eigenvalue weighted by Gasteiger charge is 2.46. The highest BCUT2D eigenvalue weighted by molar-refractivity contribution is 6.33. The number of ether oxygens (including phenoxy) is 1. The normalized spacial score (nSPS) is 22.1. The van der Waals surface area contributed by atoms with E-state index in [1.165, 1.54) is 95.6 Å². The fraction of sp³-hybridized carbons (Fsp3) is 0.615. The van der Waals surface area contributed by atoms with Gasteiger partial charge in [0.15, 0.2) is 0 Å². The Hall–Kier alpha value is -1.72. The van der Waals surface area contributed by atoms with Crippen LogP contribution in [0.2, 0.25) is 5.02 Å². The summed E-state index contributed by atoms with van der Waals surface area (Å²) in [6.45, 7) is 4.58. The molecule has 1 aromatic heterocycles. The Labute approximate surface area is 195 Å². The second-order valence-electron chi connectivity index (χ2n) is 10.3. The van der Waals surface area contributed by atoms with Gasteiger partial charge in [-0.25, -0.2) is 4.39 Å². The fourth-order valence-corrected chi connectivity index (χ4v) is 6.29. The second-order valence-corrected chi connectivity index (χ2v) is 10.7. The van der Waals surface area contributed by atoms with Crippen molar-refractivity contribution in [2.24, 2.45) is 17.3 Å². The van der Waals surface area contributed by atoms with E-state index in [0.717, 1.165) is 5.92 Å². The maximum absolute atomic E-state index is 13.5. The molecule has 3 fully saturated rings. The lowest BCUT2D eigenvalue weighted by molar-refractivity contribution is -0.0335. The van der Waals surface area contributed by atoms with Gasteiger partial charge in [0.05, 0.1) is 17.3 Å². The molecule has 5 rings (SSSR count). The maximum atomic E-state index is 13.5. The van der Waals surface area contributed by atoms with Crippen molar-refractivity contribution in [1.29, 1.82) is 0 Å². The van der Waals surface area contributed by atoms with Crippen LogP contribution in [0.5, 0.6) is 5.88 Å². The van der Waals surface area contributed by atoms with Crippen LogP contribution < -0.4 is 4.74 Å². The minimum atomic E-state index is -0.342. The summed E-state index contributed by atoms with van der Waals surface area (Å²) >= 11 is 6.16. The molecule has 2 heterocycles. The van der Waals surface area contributed by atoms with Crippen LogP contribution in [0.15, 0.2) is 30.3 Å². The summed E-state index contributed by atoms with van der Waals surface area (Å²) in [5, 5.41) is 8.80. The van der Waals surface area contributed by atoms with Gasteiger partial charge in [0, 0.05) is 18.2 Å². The molecule has 0 bridgehead atoms. The van der Waals surface area contributed by atoms with Gasteiger partial charge in [-0.1, -0.05) is 30.9 Å². The number of halogens is 2. The van der Waals surface area contributed by atoms with Crippen LogP contribution in [0.3, 0.4) is 0 Å². The highest BCUT2D eigenvalue weighted by Crippen LogP contribution is 2.52. The van der Waals surface area contributed by atoms with E-state index in [2.05, 4.69) is 15.1 Å². The quantitative estimate of drug-likeness (QED) is 0.504. The van der Waals surface area contributed by atoms with Gasteiger partial charge in [-0.2, -0.15) is 0 Å². The summed E-state index contributed by atoms with van der Waals surface area (Å²) in [5.74, 6) is 1.73. The smallest absolute Gasteiger partial charge is 0.233 e. The second kappa shape index (κ2) is 9.64. The monoisotopic (exact) mass is 457 g/mol. The first-order valence-electron chi connectivity index (χ1n) is 12.2. The number of aromatic nitrogens is 2. The van der Waals surface area contributed by atoms with Crippen molar-refractivity contribution in [2.75, 3.05) is 26.2 Å². The SMILES string of the molecule is Fc1ccc(Cl)c(-c2ccc(OCC3CC4(CCN(CC5CCCCC5)CC4)C3)nn2)c1. The summed E-state index contributed by atoms with van der Waals surface area (Å²) in [6, 6.07) is 7.82. The Morgan fingerprint density at radius 3 is 2.50 bits per heavy atom. The first-order valence-corrected chi connectivity index (χ1v) is 12.6. The topological polar surface area (TPSA) is 38.2 Å². The van der Waals surface area contributed by atoms with Gasteiger partial charge < -0.3 is 9.64 Å². The van der Waals surface area contributed by atoms with Gasteiger partial charge in [0.25, 0.3) is 0 Å². The Balaban J connectivity index is 1.05. The molecule has 3 aliphatic rings. The van der Waals surface area contributed by atoms with Crippen molar-refractivity contribution in [2.45, 2.75) is 57.8 Å². The zero-order valence-corrected chi connectivity index (χ0v) is 19.5. The summed E-state index contributed by atoms with van der Waals surface area (Å²) in [4.78, 5) is 2.73. The Bertz CT molecular complexity index is 900. The number of rotatable bonds is 6. The molecule has 1 aromatic carbocycles. The minimum absolute atomic E-state index is 0.342. The molecule has 32 heavy (non-hydrogen) atoms. The molecule has 0 amide bonds. The van der Waals surface area contributed by atoms with Crippen molar-refractivity contribution in [3.63, 3.8) is 0 Å². The number of hydrogen-bond donors (Lipinski definition) is 0. The van der Waals surface area contributed by atoms with Crippen molar-refractivity contribution >= 4 is 11.6 Å². The van der Waals surface area contributed by atoms with Gasteiger partial charge in [-0.05, 0) is 93.1 Å². The lowest BCUT2D eigenvalue weighted by atomic mass is 9.58. The predicted molar refractivity (Wildman–Crippen MR) is 125 cm³/mol. The molecule has 2 aliphatic carbocycles. The van der Waals surface area contributed by atoms with E-state index in [9.17, 15) is 4.39 Å². The van der Waals surface area contributed by atoms with E-state index in [1.807, 2.05) is 0 Å². The van der Waals surface area contributed by atoms with Gasteiger partial charge >= 0.3 is 0 Å². The maximum Gasteiger partial charge on any atom is 0.233 e. The third-order valence-electron chi connectivity index (χ3n) is 7.91. The lowest BCUT2D eigenvalue weighted by Gasteiger charge is -2.52. The number of hydrogen-bond acceptors (Lipinski definition) is 4. The van der Waals surface area contributed by atoms with Crippen molar-refractivity contribution in [3.8, 4) is 17.1 Å². The molecular formula is C26H33ClFN3O.